The Morgan fingerprint density at radius 2 is 1.75 bits per heavy atom. The number of halogens is 2. The second-order valence-electron chi connectivity index (χ2n) is 8.72. The van der Waals surface area contributed by atoms with Crippen LogP contribution in [0.2, 0.25) is 0 Å². The maximum absolute atomic E-state index is 13.6. The van der Waals surface area contributed by atoms with Crippen molar-refractivity contribution >= 4 is 35.8 Å². The predicted molar refractivity (Wildman–Crippen MR) is 139 cm³/mol. The third kappa shape index (κ3) is 7.18. The van der Waals surface area contributed by atoms with Crippen molar-refractivity contribution < 1.29 is 9.18 Å². The highest BCUT2D eigenvalue weighted by molar-refractivity contribution is 14.0. The molecule has 1 fully saturated rings. The quantitative estimate of drug-likeness (QED) is 0.310. The Bertz CT molecular complexity index is 908. The van der Waals surface area contributed by atoms with Crippen molar-refractivity contribution in [2.24, 2.45) is 4.99 Å². The first-order valence-corrected chi connectivity index (χ1v) is 11.0. The molecule has 5 nitrogen and oxygen atoms in total. The largest absolute Gasteiger partial charge is 0.356 e. The van der Waals surface area contributed by atoms with Gasteiger partial charge in [0.2, 0.25) is 0 Å². The van der Waals surface area contributed by atoms with Crippen LogP contribution >= 0.6 is 24.0 Å². The summed E-state index contributed by atoms with van der Waals surface area (Å²) in [4.78, 5) is 18.8. The molecule has 2 aromatic carbocycles. The minimum atomic E-state index is -0.254. The van der Waals surface area contributed by atoms with Gasteiger partial charge >= 0.3 is 0 Å². The van der Waals surface area contributed by atoms with E-state index in [1.807, 2.05) is 35.2 Å². The molecule has 0 aliphatic carbocycles. The maximum Gasteiger partial charge on any atom is 0.253 e. The number of guanidine groups is 1. The van der Waals surface area contributed by atoms with E-state index in [9.17, 15) is 9.18 Å². The lowest BCUT2D eigenvalue weighted by atomic mass is 9.84. The van der Waals surface area contributed by atoms with Crippen LogP contribution in [-0.4, -0.2) is 43.4 Å². The van der Waals surface area contributed by atoms with Crippen LogP contribution in [0.1, 0.15) is 54.6 Å². The molecule has 1 aliphatic heterocycles. The van der Waals surface area contributed by atoms with Gasteiger partial charge in [-0.3, -0.25) is 9.79 Å². The van der Waals surface area contributed by atoms with Gasteiger partial charge in [-0.15, -0.1) is 24.0 Å². The van der Waals surface area contributed by atoms with Crippen molar-refractivity contribution in [1.82, 2.24) is 15.5 Å². The molecule has 32 heavy (non-hydrogen) atoms. The van der Waals surface area contributed by atoms with Gasteiger partial charge in [0.05, 0.1) is 0 Å². The summed E-state index contributed by atoms with van der Waals surface area (Å²) in [7, 11) is 1.73. The van der Waals surface area contributed by atoms with E-state index in [1.54, 1.807) is 19.2 Å². The van der Waals surface area contributed by atoms with Crippen LogP contribution in [0.25, 0.3) is 0 Å². The van der Waals surface area contributed by atoms with E-state index in [2.05, 4.69) is 29.5 Å². The van der Waals surface area contributed by atoms with E-state index < -0.39 is 0 Å². The third-order valence-electron chi connectivity index (χ3n) is 5.83. The zero-order valence-electron chi connectivity index (χ0n) is 19.2. The summed E-state index contributed by atoms with van der Waals surface area (Å²) >= 11 is 0. The van der Waals surface area contributed by atoms with Crippen LogP contribution in [0.4, 0.5) is 4.39 Å². The maximum atomic E-state index is 13.6. The molecule has 1 saturated heterocycles. The fourth-order valence-corrected chi connectivity index (χ4v) is 3.77. The summed E-state index contributed by atoms with van der Waals surface area (Å²) in [6.07, 6.45) is 3.40. The number of benzene rings is 2. The van der Waals surface area contributed by atoms with Crippen molar-refractivity contribution in [1.29, 1.82) is 0 Å². The van der Waals surface area contributed by atoms with E-state index >= 15 is 0 Å². The molecule has 0 atom stereocenters. The second kappa shape index (κ2) is 12.2. The lowest BCUT2D eigenvalue weighted by Gasteiger charge is -2.27. The number of hydrogen-bond acceptors (Lipinski definition) is 2. The molecule has 0 saturated carbocycles. The van der Waals surface area contributed by atoms with Gasteiger partial charge in [0, 0.05) is 44.2 Å². The summed E-state index contributed by atoms with van der Waals surface area (Å²) in [5, 5.41) is 6.63. The molecule has 1 heterocycles. The number of nitrogens with one attached hydrogen (secondary N) is 2. The molecule has 174 valence electrons. The predicted octanol–water partition coefficient (Wildman–Crippen LogP) is 4.71. The number of hydrogen-bond donors (Lipinski definition) is 2. The smallest absolute Gasteiger partial charge is 0.253 e. The molecule has 0 bridgehead atoms. The lowest BCUT2D eigenvalue weighted by Crippen LogP contribution is -2.43. The molecular formula is C25H34FIN4O. The molecule has 3 rings (SSSR count). The normalized spacial score (nSPS) is 14.5. The fourth-order valence-electron chi connectivity index (χ4n) is 3.77. The molecule has 0 radical (unpaired) electrons. The SMILES string of the molecule is CN=C(NCc1ccc(C(=O)N2CCCCC2)cc1)NCC(C)(C)c1cccc(F)c1.I. The standard InChI is InChI=1S/C25H33FN4O.HI/c1-25(2,21-8-7-9-22(26)16-21)18-29-24(27-3)28-17-19-10-12-20(13-11-19)23(31)30-14-5-4-6-15-30;/h7-13,16H,4-6,14-15,17-18H2,1-3H3,(H2,27,28,29);1H. The van der Waals surface area contributed by atoms with Gasteiger partial charge in [-0.25, -0.2) is 4.39 Å². The summed E-state index contributed by atoms with van der Waals surface area (Å²) in [5.41, 5.74) is 2.49. The summed E-state index contributed by atoms with van der Waals surface area (Å²) in [6, 6.07) is 14.5. The Labute approximate surface area is 207 Å². The molecule has 1 aliphatic rings. The van der Waals surface area contributed by atoms with Crippen LogP contribution < -0.4 is 10.6 Å². The zero-order chi connectivity index (χ0) is 22.3. The third-order valence-corrected chi connectivity index (χ3v) is 5.83. The summed E-state index contributed by atoms with van der Waals surface area (Å²) in [5.74, 6) is 0.574. The van der Waals surface area contributed by atoms with Crippen molar-refractivity contribution in [3.63, 3.8) is 0 Å². The van der Waals surface area contributed by atoms with Gasteiger partial charge in [0.25, 0.3) is 5.91 Å². The summed E-state index contributed by atoms with van der Waals surface area (Å²) < 4.78 is 13.6. The average molecular weight is 552 g/mol. The van der Waals surface area contributed by atoms with Crippen LogP contribution in [0.15, 0.2) is 53.5 Å². The number of nitrogens with zero attached hydrogens (tertiary/aromatic N) is 2. The zero-order valence-corrected chi connectivity index (χ0v) is 21.5. The minimum absolute atomic E-state index is 0. The molecule has 0 aromatic heterocycles. The van der Waals surface area contributed by atoms with E-state index in [4.69, 9.17) is 0 Å². The fraction of sp³-hybridized carbons (Fsp3) is 0.440. The van der Waals surface area contributed by atoms with Gasteiger partial charge in [-0.2, -0.15) is 0 Å². The van der Waals surface area contributed by atoms with Crippen molar-refractivity contribution in [3.05, 3.63) is 71.0 Å². The molecule has 7 heteroatoms. The molecule has 2 aromatic rings. The first-order valence-electron chi connectivity index (χ1n) is 11.0. The highest BCUT2D eigenvalue weighted by atomic mass is 127. The molecule has 0 unspecified atom stereocenters. The minimum Gasteiger partial charge on any atom is -0.356 e. The number of likely N-dealkylation sites (tertiary alicyclic amines) is 1. The van der Waals surface area contributed by atoms with Crippen molar-refractivity contribution in [2.45, 2.75) is 45.1 Å². The number of aliphatic imine (C=N–C) groups is 1. The number of rotatable bonds is 6. The van der Waals surface area contributed by atoms with Crippen molar-refractivity contribution in [3.8, 4) is 0 Å². The van der Waals surface area contributed by atoms with E-state index in [0.717, 1.165) is 42.6 Å². The van der Waals surface area contributed by atoms with E-state index in [-0.39, 0.29) is 41.1 Å². The van der Waals surface area contributed by atoms with Gasteiger partial charge in [-0.05, 0) is 54.7 Å². The van der Waals surface area contributed by atoms with Gasteiger partial charge < -0.3 is 15.5 Å². The van der Waals surface area contributed by atoms with Gasteiger partial charge in [-0.1, -0.05) is 38.1 Å². The van der Waals surface area contributed by atoms with Gasteiger partial charge in [0.15, 0.2) is 5.96 Å². The van der Waals surface area contributed by atoms with Crippen LogP contribution in [0, 0.1) is 5.82 Å². The van der Waals surface area contributed by atoms with Crippen molar-refractivity contribution in [2.75, 3.05) is 26.7 Å². The lowest BCUT2D eigenvalue weighted by molar-refractivity contribution is 0.0724. The summed E-state index contributed by atoms with van der Waals surface area (Å²) in [6.45, 7) is 7.06. The topological polar surface area (TPSA) is 56.7 Å². The first-order chi connectivity index (χ1) is 14.9. The number of carbonyl (C=O) groups is 1. The Morgan fingerprint density at radius 1 is 1.06 bits per heavy atom. The monoisotopic (exact) mass is 552 g/mol. The number of amides is 1. The molecule has 0 spiro atoms. The average Bonchev–Trinajstić information content (AvgIpc) is 2.79. The van der Waals surface area contributed by atoms with E-state index in [1.165, 1.54) is 12.5 Å². The highest BCUT2D eigenvalue weighted by Gasteiger charge is 2.21. The molecule has 2 N–H and O–H groups in total. The molecular weight excluding hydrogens is 518 g/mol. The Balaban J connectivity index is 0.00000363. The molecule has 1 amide bonds. The van der Waals surface area contributed by atoms with Crippen LogP contribution in [0.5, 0.6) is 0 Å². The van der Waals surface area contributed by atoms with E-state index in [0.29, 0.717) is 19.0 Å². The van der Waals surface area contributed by atoms with Crippen LogP contribution in [-0.2, 0) is 12.0 Å². The Morgan fingerprint density at radius 3 is 2.38 bits per heavy atom. The van der Waals surface area contributed by atoms with Crippen LogP contribution in [0.3, 0.4) is 0 Å². The van der Waals surface area contributed by atoms with Gasteiger partial charge in [0.1, 0.15) is 5.82 Å². The Hall–Kier alpha value is -2.16. The number of piperidine rings is 1. The Kier molecular flexibility index (Phi) is 9.93. The second-order valence-corrected chi connectivity index (χ2v) is 8.72. The highest BCUT2D eigenvalue weighted by Crippen LogP contribution is 2.22. The number of carbonyl (C=O) groups excluding carboxylic acids is 1. The first kappa shape index (κ1) is 26.1.